The predicted molar refractivity (Wildman–Crippen MR) is 90.7 cm³/mol. The van der Waals surface area contributed by atoms with Gasteiger partial charge in [0.25, 0.3) is 0 Å². The van der Waals surface area contributed by atoms with Crippen LogP contribution in [-0.2, 0) is 13.1 Å². The first-order valence-electron chi connectivity index (χ1n) is 8.47. The average Bonchev–Trinajstić information content (AvgIpc) is 2.40. The van der Waals surface area contributed by atoms with Gasteiger partial charge in [-0.3, -0.25) is 0 Å². The highest BCUT2D eigenvalue weighted by molar-refractivity contribution is 5.11. The fourth-order valence-corrected chi connectivity index (χ4v) is 3.19. The molecule has 2 rings (SSSR count). The van der Waals surface area contributed by atoms with E-state index in [1.54, 1.807) is 0 Å². The third-order valence-electron chi connectivity index (χ3n) is 3.97. The highest BCUT2D eigenvalue weighted by Gasteiger charge is 2.05. The second-order valence-electron chi connectivity index (χ2n) is 6.67. The van der Waals surface area contributed by atoms with Crippen LogP contribution in [0.3, 0.4) is 0 Å². The normalized spacial score (nSPS) is 10.9. The number of hydrogen-bond donors (Lipinski definition) is 0. The van der Waals surface area contributed by atoms with Crippen molar-refractivity contribution in [3.8, 4) is 0 Å². The predicted octanol–water partition coefficient (Wildman–Crippen LogP) is 3.76. The van der Waals surface area contributed by atoms with Gasteiger partial charge in [-0.15, -0.1) is 0 Å². The highest BCUT2D eigenvalue weighted by Crippen LogP contribution is 2.03. The molecule has 0 amide bonds. The summed E-state index contributed by atoms with van der Waals surface area (Å²) < 4.78 is 4.67. The van der Waals surface area contributed by atoms with E-state index in [9.17, 15) is 0 Å². The van der Waals surface area contributed by atoms with Crippen LogP contribution in [0.15, 0.2) is 36.9 Å². The Morgan fingerprint density at radius 3 is 1.18 bits per heavy atom. The summed E-state index contributed by atoms with van der Waals surface area (Å²) in [6.45, 7) is 11.0. The zero-order valence-electron chi connectivity index (χ0n) is 14.6. The Labute approximate surface area is 135 Å². The first kappa shape index (κ1) is 16.7. The summed E-state index contributed by atoms with van der Waals surface area (Å²) in [6.07, 6.45) is 14.2. The van der Waals surface area contributed by atoms with E-state index in [2.05, 4.69) is 73.7 Å². The lowest BCUT2D eigenvalue weighted by molar-refractivity contribution is -0.699. The Balaban J connectivity index is 1.67. The minimum absolute atomic E-state index is 1.14. The standard InChI is InChI=1S/C20H30N2/c1-17-11-18(2)14-21(13-17)9-7-5-6-8-10-22-15-19(3)12-20(4)16-22/h11-16H,5-10H2,1-4H3/q+2. The second kappa shape index (κ2) is 8.07. The second-order valence-corrected chi connectivity index (χ2v) is 6.67. The van der Waals surface area contributed by atoms with Crippen molar-refractivity contribution in [2.75, 3.05) is 0 Å². The Morgan fingerprint density at radius 2 is 0.864 bits per heavy atom. The molecule has 2 aromatic heterocycles. The number of hydrogen-bond acceptors (Lipinski definition) is 0. The number of aryl methyl sites for hydroxylation is 6. The molecule has 0 aliphatic heterocycles. The van der Waals surface area contributed by atoms with E-state index in [-0.39, 0.29) is 0 Å². The van der Waals surface area contributed by atoms with E-state index in [0.717, 1.165) is 13.1 Å². The Kier molecular flexibility index (Phi) is 6.11. The Hall–Kier alpha value is -1.70. The Bertz CT molecular complexity index is 521. The van der Waals surface area contributed by atoms with E-state index in [0.29, 0.717) is 0 Å². The molecule has 0 radical (unpaired) electrons. The molecule has 0 N–H and O–H groups in total. The fourth-order valence-electron chi connectivity index (χ4n) is 3.19. The summed E-state index contributed by atoms with van der Waals surface area (Å²) in [5, 5.41) is 0. The maximum atomic E-state index is 2.34. The number of rotatable bonds is 7. The van der Waals surface area contributed by atoms with Crippen LogP contribution < -0.4 is 9.13 Å². The minimum Gasteiger partial charge on any atom is -0.205 e. The third kappa shape index (κ3) is 5.59. The Morgan fingerprint density at radius 1 is 0.545 bits per heavy atom. The molecular weight excluding hydrogens is 268 g/mol. The highest BCUT2D eigenvalue weighted by atomic mass is 14.9. The van der Waals surface area contributed by atoms with Crippen LogP contribution in [0.1, 0.15) is 47.9 Å². The van der Waals surface area contributed by atoms with Crippen LogP contribution in [0.4, 0.5) is 0 Å². The van der Waals surface area contributed by atoms with Gasteiger partial charge >= 0.3 is 0 Å². The lowest BCUT2D eigenvalue weighted by atomic mass is 10.1. The lowest BCUT2D eigenvalue weighted by Crippen LogP contribution is -2.34. The van der Waals surface area contributed by atoms with Gasteiger partial charge in [-0.25, -0.2) is 9.13 Å². The van der Waals surface area contributed by atoms with Gasteiger partial charge in [0.1, 0.15) is 13.1 Å². The molecule has 0 spiro atoms. The molecule has 2 aromatic rings. The van der Waals surface area contributed by atoms with Gasteiger partial charge in [-0.05, 0) is 52.7 Å². The quantitative estimate of drug-likeness (QED) is 0.543. The fraction of sp³-hybridized carbons (Fsp3) is 0.500. The lowest BCUT2D eigenvalue weighted by Gasteiger charge is -2.02. The molecule has 0 bridgehead atoms. The molecule has 2 heterocycles. The molecule has 0 saturated carbocycles. The summed E-state index contributed by atoms with van der Waals surface area (Å²) in [7, 11) is 0. The first-order chi connectivity index (χ1) is 10.5. The smallest absolute Gasteiger partial charge is 0.171 e. The van der Waals surface area contributed by atoms with Crippen LogP contribution in [0, 0.1) is 27.7 Å². The van der Waals surface area contributed by atoms with E-state index < -0.39 is 0 Å². The van der Waals surface area contributed by atoms with Crippen LogP contribution in [0.25, 0.3) is 0 Å². The molecular formula is C20H30N2+2. The molecule has 118 valence electrons. The monoisotopic (exact) mass is 298 g/mol. The van der Waals surface area contributed by atoms with Gasteiger partial charge < -0.3 is 0 Å². The van der Waals surface area contributed by atoms with E-state index in [4.69, 9.17) is 0 Å². The minimum atomic E-state index is 1.14. The average molecular weight is 298 g/mol. The topological polar surface area (TPSA) is 7.76 Å². The molecule has 0 aliphatic rings. The molecule has 2 heteroatoms. The van der Waals surface area contributed by atoms with Crippen molar-refractivity contribution in [2.24, 2.45) is 0 Å². The van der Waals surface area contributed by atoms with Crippen molar-refractivity contribution in [1.29, 1.82) is 0 Å². The SMILES string of the molecule is Cc1cc(C)c[n+](CCCCCC[n+]2cc(C)cc(C)c2)c1. The molecule has 0 aliphatic carbocycles. The molecule has 0 fully saturated rings. The van der Waals surface area contributed by atoms with Gasteiger partial charge in [0, 0.05) is 35.1 Å². The molecule has 22 heavy (non-hydrogen) atoms. The zero-order valence-corrected chi connectivity index (χ0v) is 14.6. The van der Waals surface area contributed by atoms with Crippen molar-refractivity contribution in [2.45, 2.75) is 66.5 Å². The van der Waals surface area contributed by atoms with Crippen molar-refractivity contribution >= 4 is 0 Å². The maximum Gasteiger partial charge on any atom is 0.171 e. The molecule has 0 saturated heterocycles. The van der Waals surface area contributed by atoms with Crippen molar-refractivity contribution < 1.29 is 9.13 Å². The van der Waals surface area contributed by atoms with Crippen LogP contribution in [0.2, 0.25) is 0 Å². The summed E-state index contributed by atoms with van der Waals surface area (Å²) in [5.41, 5.74) is 5.41. The van der Waals surface area contributed by atoms with Gasteiger partial charge in [0.15, 0.2) is 24.8 Å². The van der Waals surface area contributed by atoms with Gasteiger partial charge in [0.05, 0.1) is 0 Å². The zero-order chi connectivity index (χ0) is 15.9. The van der Waals surface area contributed by atoms with Crippen molar-refractivity contribution in [3.05, 3.63) is 59.2 Å². The first-order valence-corrected chi connectivity index (χ1v) is 8.47. The van der Waals surface area contributed by atoms with E-state index >= 15 is 0 Å². The maximum absolute atomic E-state index is 2.34. The van der Waals surface area contributed by atoms with Crippen LogP contribution in [0.5, 0.6) is 0 Å². The van der Waals surface area contributed by atoms with Crippen molar-refractivity contribution in [1.82, 2.24) is 0 Å². The third-order valence-corrected chi connectivity index (χ3v) is 3.97. The van der Waals surface area contributed by atoms with E-state index in [1.165, 1.54) is 47.9 Å². The van der Waals surface area contributed by atoms with Gasteiger partial charge in [-0.2, -0.15) is 0 Å². The van der Waals surface area contributed by atoms with Gasteiger partial charge in [-0.1, -0.05) is 0 Å². The number of nitrogens with zero attached hydrogens (tertiary/aromatic N) is 2. The number of unbranched alkanes of at least 4 members (excludes halogenated alkanes) is 3. The summed E-state index contributed by atoms with van der Waals surface area (Å²) in [4.78, 5) is 0. The van der Waals surface area contributed by atoms with Gasteiger partial charge in [0.2, 0.25) is 0 Å². The van der Waals surface area contributed by atoms with E-state index in [1.807, 2.05) is 0 Å². The molecule has 0 atom stereocenters. The molecule has 2 nitrogen and oxygen atoms in total. The molecule has 0 unspecified atom stereocenters. The van der Waals surface area contributed by atoms with Crippen LogP contribution in [-0.4, -0.2) is 0 Å². The van der Waals surface area contributed by atoms with Crippen molar-refractivity contribution in [3.63, 3.8) is 0 Å². The largest absolute Gasteiger partial charge is 0.205 e. The number of aromatic nitrogens is 2. The summed E-state index contributed by atoms with van der Waals surface area (Å²) in [5.74, 6) is 0. The number of pyridine rings is 2. The van der Waals surface area contributed by atoms with Crippen LogP contribution >= 0.6 is 0 Å². The molecule has 0 aromatic carbocycles. The summed E-state index contributed by atoms with van der Waals surface area (Å²) >= 11 is 0. The summed E-state index contributed by atoms with van der Waals surface area (Å²) in [6, 6.07) is 4.47.